The summed E-state index contributed by atoms with van der Waals surface area (Å²) in [5, 5.41) is 2.29. The quantitative estimate of drug-likeness (QED) is 0.756. The molecule has 2 heteroatoms. The molecular formula is C19H20NO+. The molecule has 0 saturated carbocycles. The molecule has 1 atom stereocenters. The maximum Gasteiger partial charge on any atom is 0.158 e. The van der Waals surface area contributed by atoms with Crippen molar-refractivity contribution in [3.05, 3.63) is 84.1 Å². The number of nitrogens with two attached hydrogens (primary N) is 1. The van der Waals surface area contributed by atoms with E-state index in [1.165, 1.54) is 5.56 Å². The second-order valence-corrected chi connectivity index (χ2v) is 5.27. The lowest BCUT2D eigenvalue weighted by atomic mass is 10.1. The highest BCUT2D eigenvalue weighted by atomic mass is 16.3. The van der Waals surface area contributed by atoms with E-state index in [9.17, 15) is 0 Å². The first-order valence-corrected chi connectivity index (χ1v) is 7.35. The molecule has 0 saturated heterocycles. The molecule has 3 rings (SSSR count). The standard InChI is InChI=1S/C19H19NO/c1-15(16-8-4-2-5-9-16)20-14-18-12-13-19(21-18)17-10-6-3-7-11-17/h2-13,15,20H,14H2,1H3/p+1/t15-/m0/s1. The first-order valence-electron chi connectivity index (χ1n) is 7.35. The fourth-order valence-corrected chi connectivity index (χ4v) is 2.43. The van der Waals surface area contributed by atoms with Crippen LogP contribution in [0.25, 0.3) is 11.3 Å². The first kappa shape index (κ1) is 13.7. The Labute approximate surface area is 125 Å². The number of rotatable bonds is 5. The second kappa shape index (κ2) is 6.42. The minimum atomic E-state index is 0.427. The fourth-order valence-electron chi connectivity index (χ4n) is 2.43. The van der Waals surface area contributed by atoms with Crippen LogP contribution in [-0.2, 0) is 6.54 Å². The van der Waals surface area contributed by atoms with Gasteiger partial charge in [-0.05, 0) is 19.1 Å². The Balaban J connectivity index is 1.63. The summed E-state index contributed by atoms with van der Waals surface area (Å²) in [5.74, 6) is 1.95. The third-order valence-electron chi connectivity index (χ3n) is 3.72. The molecule has 0 spiro atoms. The summed E-state index contributed by atoms with van der Waals surface area (Å²) in [6.45, 7) is 3.07. The molecule has 0 bridgehead atoms. The molecular weight excluding hydrogens is 258 g/mol. The summed E-state index contributed by atoms with van der Waals surface area (Å²) in [5.41, 5.74) is 2.46. The molecule has 2 aromatic carbocycles. The van der Waals surface area contributed by atoms with Gasteiger partial charge in [-0.25, -0.2) is 0 Å². The van der Waals surface area contributed by atoms with Gasteiger partial charge in [0, 0.05) is 11.1 Å². The zero-order chi connectivity index (χ0) is 14.5. The van der Waals surface area contributed by atoms with E-state index in [1.54, 1.807) is 0 Å². The van der Waals surface area contributed by atoms with Crippen LogP contribution >= 0.6 is 0 Å². The average molecular weight is 278 g/mol. The van der Waals surface area contributed by atoms with E-state index in [-0.39, 0.29) is 0 Å². The third-order valence-corrected chi connectivity index (χ3v) is 3.72. The Bertz CT molecular complexity index is 673. The minimum Gasteiger partial charge on any atom is -0.455 e. The maximum atomic E-state index is 5.92. The van der Waals surface area contributed by atoms with Crippen molar-refractivity contribution >= 4 is 0 Å². The van der Waals surface area contributed by atoms with E-state index in [0.717, 1.165) is 23.6 Å². The molecule has 0 fully saturated rings. The van der Waals surface area contributed by atoms with Gasteiger partial charge >= 0.3 is 0 Å². The van der Waals surface area contributed by atoms with Crippen LogP contribution in [0.5, 0.6) is 0 Å². The molecule has 2 N–H and O–H groups in total. The number of furan rings is 1. The molecule has 21 heavy (non-hydrogen) atoms. The average Bonchev–Trinajstić information content (AvgIpc) is 3.03. The Morgan fingerprint density at radius 3 is 2.24 bits per heavy atom. The van der Waals surface area contributed by atoms with Gasteiger partial charge in [-0.1, -0.05) is 60.7 Å². The molecule has 1 heterocycles. The molecule has 0 aliphatic carbocycles. The summed E-state index contributed by atoms with van der Waals surface area (Å²) >= 11 is 0. The van der Waals surface area contributed by atoms with Crippen molar-refractivity contribution in [3.63, 3.8) is 0 Å². The number of quaternary nitrogens is 1. The zero-order valence-corrected chi connectivity index (χ0v) is 12.2. The third kappa shape index (κ3) is 3.41. The van der Waals surface area contributed by atoms with Crippen LogP contribution in [0.15, 0.2) is 77.2 Å². The molecule has 1 aromatic heterocycles. The van der Waals surface area contributed by atoms with E-state index < -0.39 is 0 Å². The van der Waals surface area contributed by atoms with Crippen molar-refractivity contribution in [2.24, 2.45) is 0 Å². The normalized spacial score (nSPS) is 12.2. The van der Waals surface area contributed by atoms with Gasteiger partial charge in [0.1, 0.15) is 18.3 Å². The van der Waals surface area contributed by atoms with Crippen molar-refractivity contribution in [3.8, 4) is 11.3 Å². The Hall–Kier alpha value is -2.32. The lowest BCUT2D eigenvalue weighted by Gasteiger charge is -2.09. The zero-order valence-electron chi connectivity index (χ0n) is 12.2. The van der Waals surface area contributed by atoms with Gasteiger partial charge in [-0.3, -0.25) is 0 Å². The number of benzene rings is 2. The lowest BCUT2D eigenvalue weighted by molar-refractivity contribution is -0.709. The summed E-state index contributed by atoms with van der Waals surface area (Å²) in [4.78, 5) is 0. The SMILES string of the molecule is C[C@H]([NH2+]Cc1ccc(-c2ccccc2)o1)c1ccccc1. The van der Waals surface area contributed by atoms with Crippen molar-refractivity contribution < 1.29 is 9.73 Å². The van der Waals surface area contributed by atoms with E-state index in [0.29, 0.717) is 6.04 Å². The van der Waals surface area contributed by atoms with Crippen LogP contribution in [0, 0.1) is 0 Å². The summed E-state index contributed by atoms with van der Waals surface area (Å²) in [6, 6.07) is 25.3. The molecule has 2 nitrogen and oxygen atoms in total. The van der Waals surface area contributed by atoms with Crippen molar-refractivity contribution in [1.82, 2.24) is 0 Å². The molecule has 0 aliphatic rings. The molecule has 0 amide bonds. The first-order chi connectivity index (χ1) is 10.3. The van der Waals surface area contributed by atoms with Gasteiger partial charge in [0.2, 0.25) is 0 Å². The van der Waals surface area contributed by atoms with Gasteiger partial charge in [0.05, 0.1) is 0 Å². The van der Waals surface area contributed by atoms with E-state index in [2.05, 4.69) is 60.8 Å². The fraction of sp³-hybridized carbons (Fsp3) is 0.158. The lowest BCUT2D eigenvalue weighted by Crippen LogP contribution is -2.82. The molecule has 0 radical (unpaired) electrons. The predicted molar refractivity (Wildman–Crippen MR) is 84.6 cm³/mol. The van der Waals surface area contributed by atoms with Crippen molar-refractivity contribution in [2.45, 2.75) is 19.5 Å². The van der Waals surface area contributed by atoms with Gasteiger partial charge in [0.25, 0.3) is 0 Å². The number of hydrogen-bond acceptors (Lipinski definition) is 1. The van der Waals surface area contributed by atoms with Crippen LogP contribution < -0.4 is 5.32 Å². The highest BCUT2D eigenvalue weighted by molar-refractivity contribution is 5.57. The minimum absolute atomic E-state index is 0.427. The van der Waals surface area contributed by atoms with Crippen LogP contribution in [0.2, 0.25) is 0 Å². The summed E-state index contributed by atoms with van der Waals surface area (Å²) < 4.78 is 5.92. The highest BCUT2D eigenvalue weighted by Crippen LogP contribution is 2.21. The number of hydrogen-bond donors (Lipinski definition) is 1. The molecule has 106 valence electrons. The van der Waals surface area contributed by atoms with Gasteiger partial charge in [-0.2, -0.15) is 0 Å². The molecule has 0 unspecified atom stereocenters. The molecule has 3 aromatic rings. The summed E-state index contributed by atoms with van der Waals surface area (Å²) in [7, 11) is 0. The van der Waals surface area contributed by atoms with Crippen LogP contribution in [0.3, 0.4) is 0 Å². The molecule has 0 aliphatic heterocycles. The Kier molecular flexibility index (Phi) is 4.17. The topological polar surface area (TPSA) is 29.8 Å². The smallest absolute Gasteiger partial charge is 0.158 e. The van der Waals surface area contributed by atoms with E-state index >= 15 is 0 Å². The van der Waals surface area contributed by atoms with Gasteiger partial charge < -0.3 is 9.73 Å². The second-order valence-electron chi connectivity index (χ2n) is 5.27. The maximum absolute atomic E-state index is 5.92. The van der Waals surface area contributed by atoms with Gasteiger partial charge in [0.15, 0.2) is 5.76 Å². The van der Waals surface area contributed by atoms with E-state index in [1.807, 2.05) is 24.3 Å². The Morgan fingerprint density at radius 1 is 0.857 bits per heavy atom. The van der Waals surface area contributed by atoms with E-state index in [4.69, 9.17) is 4.42 Å². The predicted octanol–water partition coefficient (Wildman–Crippen LogP) is 3.77. The summed E-state index contributed by atoms with van der Waals surface area (Å²) in [6.07, 6.45) is 0. The van der Waals surface area contributed by atoms with Crippen LogP contribution in [0.1, 0.15) is 24.3 Å². The Morgan fingerprint density at radius 2 is 1.52 bits per heavy atom. The van der Waals surface area contributed by atoms with Crippen molar-refractivity contribution in [1.29, 1.82) is 0 Å². The highest BCUT2D eigenvalue weighted by Gasteiger charge is 2.10. The van der Waals surface area contributed by atoms with Crippen molar-refractivity contribution in [2.75, 3.05) is 0 Å². The van der Waals surface area contributed by atoms with Crippen LogP contribution in [0.4, 0.5) is 0 Å². The monoisotopic (exact) mass is 278 g/mol. The van der Waals surface area contributed by atoms with Crippen LogP contribution in [-0.4, -0.2) is 0 Å². The largest absolute Gasteiger partial charge is 0.455 e. The van der Waals surface area contributed by atoms with Gasteiger partial charge in [-0.15, -0.1) is 0 Å².